The fourth-order valence-corrected chi connectivity index (χ4v) is 4.22. The van der Waals surface area contributed by atoms with Crippen LogP contribution < -0.4 is 16.0 Å². The van der Waals surface area contributed by atoms with Crippen molar-refractivity contribution in [1.29, 1.82) is 0 Å². The Kier molecular flexibility index (Phi) is 5.98. The molecular weight excluding hydrogens is 398 g/mol. The van der Waals surface area contributed by atoms with Gasteiger partial charge in [0.1, 0.15) is 12.1 Å². The number of rotatable bonds is 7. The third kappa shape index (κ3) is 4.57. The molecule has 164 valence electrons. The Bertz CT molecular complexity index is 1170. The molecule has 7 heteroatoms. The molecule has 32 heavy (non-hydrogen) atoms. The zero-order valence-electron chi connectivity index (χ0n) is 18.3. The molecule has 0 aliphatic carbocycles. The van der Waals surface area contributed by atoms with Crippen LogP contribution in [0.15, 0.2) is 67.1 Å². The summed E-state index contributed by atoms with van der Waals surface area (Å²) in [5, 5.41) is 10.5. The molecule has 1 fully saturated rings. The highest BCUT2D eigenvalue weighted by Gasteiger charge is 2.13. The molecular formula is C25H29N7. The molecule has 3 N–H and O–H groups in total. The highest BCUT2D eigenvalue weighted by Crippen LogP contribution is 2.22. The Morgan fingerprint density at radius 1 is 1.09 bits per heavy atom. The van der Waals surface area contributed by atoms with Crippen molar-refractivity contribution < 1.29 is 0 Å². The van der Waals surface area contributed by atoms with Crippen LogP contribution in [-0.2, 0) is 0 Å². The van der Waals surface area contributed by atoms with Gasteiger partial charge in [0.25, 0.3) is 0 Å². The van der Waals surface area contributed by atoms with Crippen LogP contribution >= 0.6 is 0 Å². The number of piperidine rings is 1. The maximum absolute atomic E-state index is 4.73. The summed E-state index contributed by atoms with van der Waals surface area (Å²) < 4.78 is 2.00. The molecule has 1 aliphatic rings. The number of hydrogen-bond acceptors (Lipinski definition) is 6. The summed E-state index contributed by atoms with van der Waals surface area (Å²) in [6.07, 6.45) is 7.43. The zero-order valence-corrected chi connectivity index (χ0v) is 18.3. The first kappa shape index (κ1) is 20.5. The van der Waals surface area contributed by atoms with Gasteiger partial charge in [0.15, 0.2) is 0 Å². The molecule has 2 aromatic heterocycles. The number of nitrogens with zero attached hydrogens (tertiary/aromatic N) is 4. The predicted molar refractivity (Wildman–Crippen MR) is 129 cm³/mol. The third-order valence-corrected chi connectivity index (χ3v) is 6.05. The molecule has 0 saturated carbocycles. The van der Waals surface area contributed by atoms with Crippen molar-refractivity contribution in [2.45, 2.75) is 38.3 Å². The summed E-state index contributed by atoms with van der Waals surface area (Å²) in [6.45, 7) is 4.16. The van der Waals surface area contributed by atoms with Crippen LogP contribution in [0.2, 0.25) is 0 Å². The lowest BCUT2D eigenvalue weighted by Gasteiger charge is -2.24. The zero-order chi connectivity index (χ0) is 21.8. The number of imidazole rings is 1. The fourth-order valence-electron chi connectivity index (χ4n) is 4.22. The molecule has 0 bridgehead atoms. The van der Waals surface area contributed by atoms with Crippen molar-refractivity contribution in [3.8, 4) is 5.82 Å². The number of aromatic nitrogens is 4. The van der Waals surface area contributed by atoms with E-state index in [4.69, 9.17) is 4.98 Å². The number of nitrogens with one attached hydrogen (secondary N) is 3. The first-order valence-electron chi connectivity index (χ1n) is 11.4. The lowest BCUT2D eigenvalue weighted by atomic mass is 10.1. The Morgan fingerprint density at radius 2 is 2.00 bits per heavy atom. The fraction of sp³-hybridized carbons (Fsp3) is 0.320. The van der Waals surface area contributed by atoms with Crippen molar-refractivity contribution in [2.75, 3.05) is 23.7 Å². The van der Waals surface area contributed by atoms with Crippen molar-refractivity contribution in [3.63, 3.8) is 0 Å². The van der Waals surface area contributed by atoms with E-state index in [2.05, 4.69) is 63.2 Å². The molecule has 1 saturated heterocycles. The first-order valence-corrected chi connectivity index (χ1v) is 11.4. The van der Waals surface area contributed by atoms with E-state index >= 15 is 0 Å². The van der Waals surface area contributed by atoms with E-state index in [1.165, 1.54) is 24.8 Å². The quantitative estimate of drug-likeness (QED) is 0.402. The maximum Gasteiger partial charge on any atom is 0.225 e. The van der Waals surface area contributed by atoms with Gasteiger partial charge in [-0.1, -0.05) is 36.8 Å². The lowest BCUT2D eigenvalue weighted by Crippen LogP contribution is -2.39. The second-order valence-electron chi connectivity index (χ2n) is 8.36. The Morgan fingerprint density at radius 3 is 2.84 bits per heavy atom. The second kappa shape index (κ2) is 9.36. The summed E-state index contributed by atoms with van der Waals surface area (Å²) in [4.78, 5) is 13.7. The average molecular weight is 428 g/mol. The predicted octanol–water partition coefficient (Wildman–Crippen LogP) is 4.54. The minimum atomic E-state index is 0.110. The minimum Gasteiger partial charge on any atom is -0.383 e. The summed E-state index contributed by atoms with van der Waals surface area (Å²) >= 11 is 0. The van der Waals surface area contributed by atoms with E-state index in [-0.39, 0.29) is 6.04 Å². The number of fused-ring (bicyclic) bond motifs is 1. The van der Waals surface area contributed by atoms with Gasteiger partial charge in [-0.3, -0.25) is 4.57 Å². The molecule has 3 heterocycles. The summed E-state index contributed by atoms with van der Waals surface area (Å²) in [5.74, 6) is 1.39. The van der Waals surface area contributed by atoms with Gasteiger partial charge >= 0.3 is 0 Å². The Hall–Kier alpha value is -3.45. The van der Waals surface area contributed by atoms with Crippen molar-refractivity contribution >= 4 is 22.7 Å². The van der Waals surface area contributed by atoms with Crippen LogP contribution in [0.4, 0.5) is 11.6 Å². The molecule has 4 aromatic rings. The van der Waals surface area contributed by atoms with Crippen LogP contribution in [-0.4, -0.2) is 38.7 Å². The minimum absolute atomic E-state index is 0.110. The van der Waals surface area contributed by atoms with E-state index in [1.807, 2.05) is 35.2 Å². The summed E-state index contributed by atoms with van der Waals surface area (Å²) in [5.41, 5.74) is 4.25. The monoisotopic (exact) mass is 427 g/mol. The molecule has 5 rings (SSSR count). The van der Waals surface area contributed by atoms with E-state index < -0.39 is 0 Å². The van der Waals surface area contributed by atoms with E-state index in [0.29, 0.717) is 12.0 Å². The first-order chi connectivity index (χ1) is 15.8. The van der Waals surface area contributed by atoms with Gasteiger partial charge < -0.3 is 16.0 Å². The normalized spacial score (nSPS) is 17.2. The molecule has 0 radical (unpaired) electrons. The van der Waals surface area contributed by atoms with Crippen LogP contribution in [0.3, 0.4) is 0 Å². The lowest BCUT2D eigenvalue weighted by molar-refractivity contribution is 0.414. The highest BCUT2D eigenvalue weighted by molar-refractivity contribution is 5.81. The van der Waals surface area contributed by atoms with Gasteiger partial charge in [-0.05, 0) is 56.1 Å². The topological polar surface area (TPSA) is 79.7 Å². The molecule has 2 aromatic carbocycles. The van der Waals surface area contributed by atoms with Crippen LogP contribution in [0, 0.1) is 0 Å². The molecule has 7 nitrogen and oxygen atoms in total. The highest BCUT2D eigenvalue weighted by atomic mass is 15.2. The van der Waals surface area contributed by atoms with Crippen molar-refractivity contribution in [3.05, 3.63) is 72.7 Å². The van der Waals surface area contributed by atoms with Crippen molar-refractivity contribution in [2.24, 2.45) is 0 Å². The SMILES string of the molecule is C[C@H](Nc1nccc(-n2cnc3cc(NCC4CCCCN4)ccc32)n1)c1ccccc1. The van der Waals surface area contributed by atoms with Gasteiger partial charge in [-0.15, -0.1) is 0 Å². The maximum atomic E-state index is 4.73. The van der Waals surface area contributed by atoms with Gasteiger partial charge in [-0.2, -0.15) is 4.98 Å². The Labute approximate surface area is 188 Å². The van der Waals surface area contributed by atoms with E-state index in [1.54, 1.807) is 6.20 Å². The van der Waals surface area contributed by atoms with E-state index in [0.717, 1.165) is 35.6 Å². The largest absolute Gasteiger partial charge is 0.383 e. The van der Waals surface area contributed by atoms with Gasteiger partial charge in [-0.25, -0.2) is 9.97 Å². The number of hydrogen-bond donors (Lipinski definition) is 3. The molecule has 2 atom stereocenters. The number of benzene rings is 2. The van der Waals surface area contributed by atoms with Gasteiger partial charge in [0.2, 0.25) is 5.95 Å². The van der Waals surface area contributed by atoms with Crippen molar-refractivity contribution in [1.82, 2.24) is 24.8 Å². The second-order valence-corrected chi connectivity index (χ2v) is 8.36. The summed E-state index contributed by atoms with van der Waals surface area (Å²) in [7, 11) is 0. The third-order valence-electron chi connectivity index (χ3n) is 6.05. The van der Waals surface area contributed by atoms with Gasteiger partial charge in [0.05, 0.1) is 17.1 Å². The molecule has 1 aliphatic heterocycles. The molecule has 0 spiro atoms. The molecule has 1 unspecified atom stereocenters. The van der Waals surface area contributed by atoms with Crippen LogP contribution in [0.5, 0.6) is 0 Å². The average Bonchev–Trinajstić information content (AvgIpc) is 3.27. The smallest absolute Gasteiger partial charge is 0.225 e. The van der Waals surface area contributed by atoms with E-state index in [9.17, 15) is 0 Å². The number of anilines is 2. The molecule has 0 amide bonds. The Balaban J connectivity index is 1.31. The summed E-state index contributed by atoms with van der Waals surface area (Å²) in [6, 6.07) is 19.2. The van der Waals surface area contributed by atoms with Crippen LogP contribution in [0.1, 0.15) is 37.8 Å². The van der Waals surface area contributed by atoms with Crippen LogP contribution in [0.25, 0.3) is 16.9 Å². The standard InChI is InChI=1S/C25H29N7/c1-18(19-7-3-2-4-8-19)30-25-27-14-12-24(31-25)32-17-29-22-15-20(10-11-23(22)32)28-16-21-9-5-6-13-26-21/h2-4,7-8,10-12,14-15,17-18,21,26,28H,5-6,9,13,16H2,1H3,(H,27,30,31)/t18-,21?/m0/s1. The van der Waals surface area contributed by atoms with Gasteiger partial charge in [0, 0.05) is 24.5 Å².